The molecule has 1 fully saturated rings. The van der Waals surface area contributed by atoms with E-state index in [1.165, 1.54) is 11.1 Å². The van der Waals surface area contributed by atoms with Gasteiger partial charge in [0.2, 0.25) is 11.8 Å². The average molecular weight is 661 g/mol. The summed E-state index contributed by atoms with van der Waals surface area (Å²) in [5, 5.41) is 20.6. The minimum absolute atomic E-state index is 0.143. The second-order valence-electron chi connectivity index (χ2n) is 12.1. The highest BCUT2D eigenvalue weighted by molar-refractivity contribution is 6.39. The van der Waals surface area contributed by atoms with Crippen molar-refractivity contribution in [3.8, 4) is 39.5 Å². The van der Waals surface area contributed by atoms with E-state index in [4.69, 9.17) is 37.9 Å². The Morgan fingerprint density at radius 1 is 1.04 bits per heavy atom. The number of carbonyl (C=O) groups excluding carboxylic acids is 1. The molecule has 0 unspecified atom stereocenters. The summed E-state index contributed by atoms with van der Waals surface area (Å²) in [7, 11) is 1.59. The molecule has 6 rings (SSSR count). The second-order valence-corrected chi connectivity index (χ2v) is 12.9. The number of halogens is 2. The normalized spacial score (nSPS) is 18.2. The number of nitrogens with zero attached hydrogens (tertiary/aromatic N) is 2. The standard InChI is InChI=1S/C36H39Cl2N5O3/c1-21(44)18-39-19-24-10-13-31(43-36(24)46-2)29-7-4-6-27(33(29)37)28-15-16-40-35(34(28)38)23-9-12-26-22(17-23)5-3-8-30(26)41-20-25-11-14-32(45)42-25/h4,6-7,9-10,12-13,15-17,21,25,30,39,41,44H,3,5,8,11,14,18-20H2,1-2H3,(H,42,45)/t21-,25+,30-/m1/s1. The number of aliphatic hydroxyl groups excluding tert-OH is 1. The van der Waals surface area contributed by atoms with Crippen molar-refractivity contribution in [2.45, 2.75) is 63.8 Å². The predicted molar refractivity (Wildman–Crippen MR) is 183 cm³/mol. The molecule has 46 heavy (non-hydrogen) atoms. The van der Waals surface area contributed by atoms with Crippen LogP contribution < -0.4 is 20.7 Å². The van der Waals surface area contributed by atoms with Gasteiger partial charge < -0.3 is 25.8 Å². The molecular formula is C36H39Cl2N5O3. The fourth-order valence-electron chi connectivity index (χ4n) is 6.43. The largest absolute Gasteiger partial charge is 0.481 e. The average Bonchev–Trinajstić information content (AvgIpc) is 3.48. The molecule has 0 saturated carbocycles. The Labute approximate surface area is 279 Å². The van der Waals surface area contributed by atoms with E-state index in [0.717, 1.165) is 60.0 Å². The van der Waals surface area contributed by atoms with Gasteiger partial charge in [0.15, 0.2) is 0 Å². The Hall–Kier alpha value is -3.53. The molecule has 1 amide bonds. The highest BCUT2D eigenvalue weighted by Gasteiger charge is 2.25. The molecular weight excluding hydrogens is 621 g/mol. The molecule has 0 spiro atoms. The summed E-state index contributed by atoms with van der Waals surface area (Å²) in [6.45, 7) is 3.50. The highest BCUT2D eigenvalue weighted by Crippen LogP contribution is 2.42. The first-order valence-corrected chi connectivity index (χ1v) is 16.6. The van der Waals surface area contributed by atoms with Crippen LogP contribution in [0.5, 0.6) is 5.88 Å². The van der Waals surface area contributed by atoms with Crippen LogP contribution in [0.3, 0.4) is 0 Å². The van der Waals surface area contributed by atoms with E-state index in [1.54, 1.807) is 20.2 Å². The van der Waals surface area contributed by atoms with Gasteiger partial charge in [-0.15, -0.1) is 0 Å². The maximum atomic E-state index is 11.6. The molecule has 0 radical (unpaired) electrons. The summed E-state index contributed by atoms with van der Waals surface area (Å²) in [6, 6.07) is 18.6. The number of aromatic nitrogens is 2. The van der Waals surface area contributed by atoms with Crippen molar-refractivity contribution in [1.82, 2.24) is 25.9 Å². The fourth-order valence-corrected chi connectivity index (χ4v) is 7.07. The Morgan fingerprint density at radius 2 is 1.87 bits per heavy atom. The molecule has 240 valence electrons. The number of ether oxygens (including phenoxy) is 1. The third-order valence-corrected chi connectivity index (χ3v) is 9.56. The summed E-state index contributed by atoms with van der Waals surface area (Å²) >= 11 is 14.2. The van der Waals surface area contributed by atoms with Crippen molar-refractivity contribution >= 4 is 29.1 Å². The number of aliphatic hydroxyl groups is 1. The molecule has 4 N–H and O–H groups in total. The van der Waals surface area contributed by atoms with E-state index in [0.29, 0.717) is 46.8 Å². The topological polar surface area (TPSA) is 108 Å². The van der Waals surface area contributed by atoms with E-state index < -0.39 is 6.10 Å². The Balaban J connectivity index is 1.26. The molecule has 2 aromatic carbocycles. The molecule has 1 aliphatic carbocycles. The van der Waals surface area contributed by atoms with Crippen LogP contribution in [0.2, 0.25) is 10.0 Å². The lowest BCUT2D eigenvalue weighted by molar-refractivity contribution is -0.119. The van der Waals surface area contributed by atoms with Crippen molar-refractivity contribution in [1.29, 1.82) is 0 Å². The van der Waals surface area contributed by atoms with Gasteiger partial charge in [0.25, 0.3) is 0 Å². The van der Waals surface area contributed by atoms with E-state index in [1.807, 2.05) is 36.4 Å². The van der Waals surface area contributed by atoms with Crippen LogP contribution in [0.4, 0.5) is 0 Å². The number of nitrogens with one attached hydrogen (secondary N) is 3. The minimum Gasteiger partial charge on any atom is -0.481 e. The lowest BCUT2D eigenvalue weighted by atomic mass is 9.86. The van der Waals surface area contributed by atoms with Gasteiger partial charge >= 0.3 is 0 Å². The molecule has 4 aromatic rings. The lowest BCUT2D eigenvalue weighted by Crippen LogP contribution is -2.38. The van der Waals surface area contributed by atoms with Crippen LogP contribution in [0.25, 0.3) is 33.6 Å². The summed E-state index contributed by atoms with van der Waals surface area (Å²) in [5.74, 6) is 0.640. The number of aryl methyl sites for hydroxylation is 1. The van der Waals surface area contributed by atoms with Gasteiger partial charge in [-0.2, -0.15) is 0 Å². The molecule has 2 aliphatic rings. The third-order valence-electron chi connectivity index (χ3n) is 8.77. The van der Waals surface area contributed by atoms with E-state index in [9.17, 15) is 9.90 Å². The zero-order chi connectivity index (χ0) is 32.2. The zero-order valence-corrected chi connectivity index (χ0v) is 27.6. The molecule has 2 aromatic heterocycles. The molecule has 0 bridgehead atoms. The van der Waals surface area contributed by atoms with Crippen molar-refractivity contribution < 1.29 is 14.6 Å². The zero-order valence-electron chi connectivity index (χ0n) is 26.1. The quantitative estimate of drug-likeness (QED) is 0.145. The monoisotopic (exact) mass is 659 g/mol. The van der Waals surface area contributed by atoms with Crippen molar-refractivity contribution in [3.05, 3.63) is 87.5 Å². The molecule has 8 nitrogen and oxygen atoms in total. The molecule has 10 heteroatoms. The minimum atomic E-state index is -0.443. The van der Waals surface area contributed by atoms with Crippen molar-refractivity contribution in [2.24, 2.45) is 0 Å². The van der Waals surface area contributed by atoms with Crippen molar-refractivity contribution in [3.63, 3.8) is 0 Å². The van der Waals surface area contributed by atoms with Crippen LogP contribution in [-0.4, -0.2) is 53.3 Å². The van der Waals surface area contributed by atoms with Gasteiger partial charge in [0, 0.05) is 72.2 Å². The smallest absolute Gasteiger partial charge is 0.220 e. The van der Waals surface area contributed by atoms with Gasteiger partial charge in [-0.25, -0.2) is 4.98 Å². The number of amides is 1. The van der Waals surface area contributed by atoms with Gasteiger partial charge in [0.1, 0.15) is 0 Å². The highest BCUT2D eigenvalue weighted by atomic mass is 35.5. The van der Waals surface area contributed by atoms with Gasteiger partial charge in [-0.3, -0.25) is 9.78 Å². The number of hydrogen-bond acceptors (Lipinski definition) is 7. The Kier molecular flexibility index (Phi) is 10.2. The number of methoxy groups -OCH3 is 1. The first-order valence-electron chi connectivity index (χ1n) is 15.8. The second kappa shape index (κ2) is 14.5. The number of rotatable bonds is 11. The third kappa shape index (κ3) is 7.06. The van der Waals surface area contributed by atoms with Crippen LogP contribution in [0.15, 0.2) is 60.8 Å². The van der Waals surface area contributed by atoms with Crippen LogP contribution in [0, 0.1) is 0 Å². The van der Waals surface area contributed by atoms with Crippen LogP contribution >= 0.6 is 23.2 Å². The van der Waals surface area contributed by atoms with E-state index in [2.05, 4.69) is 34.1 Å². The predicted octanol–water partition coefficient (Wildman–Crippen LogP) is 6.51. The number of hydrogen-bond donors (Lipinski definition) is 4. The summed E-state index contributed by atoms with van der Waals surface area (Å²) in [5.41, 5.74) is 8.18. The Bertz CT molecular complexity index is 1730. The van der Waals surface area contributed by atoms with Gasteiger partial charge in [-0.05, 0) is 61.9 Å². The molecule has 3 heterocycles. The molecule has 1 saturated heterocycles. The maximum absolute atomic E-state index is 11.6. The van der Waals surface area contributed by atoms with E-state index in [-0.39, 0.29) is 18.0 Å². The van der Waals surface area contributed by atoms with Gasteiger partial charge in [0.05, 0.1) is 34.6 Å². The molecule has 1 aliphatic heterocycles. The summed E-state index contributed by atoms with van der Waals surface area (Å²) in [6.07, 6.45) is 5.99. The number of fused-ring (bicyclic) bond motifs is 1. The SMILES string of the molecule is COc1nc(-c2cccc(-c3ccnc(-c4ccc5c(c4)CCC[C@H]5NC[C@@H]4CCC(=O)N4)c3Cl)c2Cl)ccc1CNC[C@@H](C)O. The van der Waals surface area contributed by atoms with Gasteiger partial charge in [-0.1, -0.05) is 59.6 Å². The van der Waals surface area contributed by atoms with Crippen LogP contribution in [0.1, 0.15) is 55.3 Å². The Morgan fingerprint density at radius 3 is 2.65 bits per heavy atom. The summed E-state index contributed by atoms with van der Waals surface area (Å²) < 4.78 is 5.59. The number of carbonyl (C=O) groups is 1. The maximum Gasteiger partial charge on any atom is 0.220 e. The van der Waals surface area contributed by atoms with Crippen molar-refractivity contribution in [2.75, 3.05) is 20.2 Å². The number of benzene rings is 2. The first-order chi connectivity index (χ1) is 22.3. The lowest BCUT2D eigenvalue weighted by Gasteiger charge is -2.28. The van der Waals surface area contributed by atoms with E-state index >= 15 is 0 Å². The molecule has 3 atom stereocenters. The summed E-state index contributed by atoms with van der Waals surface area (Å²) in [4.78, 5) is 21.1. The number of pyridine rings is 2. The fraction of sp³-hybridized carbons (Fsp3) is 0.361. The van der Waals surface area contributed by atoms with Crippen LogP contribution in [-0.2, 0) is 17.8 Å². The first kappa shape index (κ1) is 32.4.